The third-order valence-corrected chi connectivity index (χ3v) is 4.77. The van der Waals surface area contributed by atoms with E-state index in [2.05, 4.69) is 31.0 Å². The molecule has 0 fully saturated rings. The number of hydrogen-bond donors (Lipinski definition) is 1. The highest BCUT2D eigenvalue weighted by atomic mass is 16.7. The first kappa shape index (κ1) is 20.3. The molecule has 6 heteroatoms. The van der Waals surface area contributed by atoms with Gasteiger partial charge in [-0.05, 0) is 37.0 Å². The van der Waals surface area contributed by atoms with E-state index < -0.39 is 5.97 Å². The summed E-state index contributed by atoms with van der Waals surface area (Å²) < 4.78 is 1.71. The van der Waals surface area contributed by atoms with E-state index in [1.165, 1.54) is 5.56 Å². The number of amidine groups is 1. The van der Waals surface area contributed by atoms with Crippen LogP contribution in [0.3, 0.4) is 0 Å². The molecule has 0 amide bonds. The van der Waals surface area contributed by atoms with Crippen molar-refractivity contribution in [3.8, 4) is 5.69 Å². The molecule has 0 aliphatic carbocycles. The van der Waals surface area contributed by atoms with E-state index in [1.807, 2.05) is 61.5 Å². The fourth-order valence-corrected chi connectivity index (χ4v) is 3.09. The highest BCUT2D eigenvalue weighted by Crippen LogP contribution is 2.22. The highest BCUT2D eigenvalue weighted by molar-refractivity contribution is 5.98. The predicted molar refractivity (Wildman–Crippen MR) is 114 cm³/mol. The van der Waals surface area contributed by atoms with Crippen LogP contribution >= 0.6 is 0 Å². The normalized spacial score (nSPS) is 12.1. The van der Waals surface area contributed by atoms with Crippen LogP contribution in [0.5, 0.6) is 0 Å². The maximum atomic E-state index is 12.6. The van der Waals surface area contributed by atoms with Gasteiger partial charge in [0.15, 0.2) is 5.84 Å². The number of benzene rings is 2. The second-order valence-corrected chi connectivity index (χ2v) is 7.98. The summed E-state index contributed by atoms with van der Waals surface area (Å²) in [5.41, 5.74) is 10.4. The molecule has 0 atom stereocenters. The molecule has 3 rings (SSSR count). The molecule has 1 aromatic heterocycles. The number of oxime groups is 1. The molecule has 1 heterocycles. The van der Waals surface area contributed by atoms with Crippen molar-refractivity contribution in [2.75, 3.05) is 0 Å². The molecule has 0 aliphatic heterocycles. The molecule has 0 aliphatic rings. The zero-order valence-corrected chi connectivity index (χ0v) is 17.4. The number of nitrogens with two attached hydrogens (primary N) is 1. The molecule has 0 spiro atoms. The van der Waals surface area contributed by atoms with Crippen LogP contribution in [0, 0.1) is 13.8 Å². The lowest BCUT2D eigenvalue weighted by atomic mass is 9.87. The molecule has 0 unspecified atom stereocenters. The van der Waals surface area contributed by atoms with Crippen molar-refractivity contribution < 1.29 is 9.63 Å². The Kier molecular flexibility index (Phi) is 5.55. The highest BCUT2D eigenvalue weighted by Gasteiger charge is 2.21. The zero-order valence-electron chi connectivity index (χ0n) is 17.4. The molecule has 29 heavy (non-hydrogen) atoms. The maximum absolute atomic E-state index is 12.6. The smallest absolute Gasteiger partial charge is 0.369 e. The molecule has 150 valence electrons. The Morgan fingerprint density at radius 2 is 1.66 bits per heavy atom. The van der Waals surface area contributed by atoms with Crippen molar-refractivity contribution in [3.63, 3.8) is 0 Å². The third kappa shape index (κ3) is 4.37. The van der Waals surface area contributed by atoms with Gasteiger partial charge in [-0.2, -0.15) is 5.10 Å². The second kappa shape index (κ2) is 7.91. The maximum Gasteiger partial charge on any atom is 0.369 e. The monoisotopic (exact) mass is 390 g/mol. The molecule has 0 saturated heterocycles. The van der Waals surface area contributed by atoms with Crippen LogP contribution in [0.2, 0.25) is 0 Å². The van der Waals surface area contributed by atoms with Crippen LogP contribution in [0.25, 0.3) is 5.69 Å². The lowest BCUT2D eigenvalue weighted by Gasteiger charge is -2.18. The van der Waals surface area contributed by atoms with Gasteiger partial charge in [-0.3, -0.25) is 0 Å². The van der Waals surface area contributed by atoms with E-state index in [9.17, 15) is 4.79 Å². The SMILES string of the molecule is Cc1nn(-c2ccccc2)c(C)c1C(=O)O/N=C(/N)c1ccc(C(C)(C)C)cc1. The number of carbonyl (C=O) groups is 1. The summed E-state index contributed by atoms with van der Waals surface area (Å²) in [6.45, 7) is 10.0. The Hall–Kier alpha value is -3.41. The lowest BCUT2D eigenvalue weighted by molar-refractivity contribution is 0.0514. The minimum absolute atomic E-state index is 0.0465. The van der Waals surface area contributed by atoms with Crippen LogP contribution in [-0.2, 0) is 10.3 Å². The summed E-state index contributed by atoms with van der Waals surface area (Å²) >= 11 is 0. The Morgan fingerprint density at radius 1 is 1.03 bits per heavy atom. The summed E-state index contributed by atoms with van der Waals surface area (Å²) in [5, 5.41) is 8.29. The molecular formula is C23H26N4O2. The summed E-state index contributed by atoms with van der Waals surface area (Å²) in [4.78, 5) is 17.7. The van der Waals surface area contributed by atoms with Gasteiger partial charge in [0.1, 0.15) is 5.56 Å². The standard InChI is InChI=1S/C23H26N4O2/c1-15-20(16(2)27(25-15)19-9-7-6-8-10-19)22(28)29-26-21(24)17-11-13-18(14-12-17)23(3,4)5/h6-14H,1-5H3,(H2,24,26). The summed E-state index contributed by atoms with van der Waals surface area (Å²) in [6.07, 6.45) is 0. The average molecular weight is 390 g/mol. The van der Waals surface area contributed by atoms with Gasteiger partial charge in [0.25, 0.3) is 0 Å². The van der Waals surface area contributed by atoms with Crippen molar-refractivity contribution in [1.82, 2.24) is 9.78 Å². The first-order valence-corrected chi connectivity index (χ1v) is 9.46. The van der Waals surface area contributed by atoms with Gasteiger partial charge < -0.3 is 10.6 Å². The van der Waals surface area contributed by atoms with Gasteiger partial charge in [0.2, 0.25) is 0 Å². The minimum atomic E-state index is -0.587. The molecule has 0 saturated carbocycles. The fraction of sp³-hybridized carbons (Fsp3) is 0.261. The third-order valence-electron chi connectivity index (χ3n) is 4.77. The summed E-state index contributed by atoms with van der Waals surface area (Å²) in [7, 11) is 0. The van der Waals surface area contributed by atoms with E-state index >= 15 is 0 Å². The zero-order chi connectivity index (χ0) is 21.2. The van der Waals surface area contributed by atoms with Crippen molar-refractivity contribution in [1.29, 1.82) is 0 Å². The first-order chi connectivity index (χ1) is 13.7. The summed E-state index contributed by atoms with van der Waals surface area (Å²) in [5.74, 6) is -0.444. The number of para-hydroxylation sites is 1. The summed E-state index contributed by atoms with van der Waals surface area (Å²) in [6, 6.07) is 17.3. The molecule has 3 aromatic rings. The van der Waals surface area contributed by atoms with Gasteiger partial charge >= 0.3 is 5.97 Å². The van der Waals surface area contributed by atoms with Gasteiger partial charge in [0.05, 0.1) is 17.1 Å². The van der Waals surface area contributed by atoms with Crippen LogP contribution in [0.15, 0.2) is 59.8 Å². The topological polar surface area (TPSA) is 82.5 Å². The number of aromatic nitrogens is 2. The minimum Gasteiger partial charge on any atom is -0.380 e. The number of nitrogens with zero attached hydrogens (tertiary/aromatic N) is 3. The van der Waals surface area contributed by atoms with E-state index in [-0.39, 0.29) is 11.3 Å². The number of carbonyl (C=O) groups excluding carboxylic acids is 1. The Labute approximate surface area is 171 Å². The Morgan fingerprint density at radius 3 is 2.24 bits per heavy atom. The lowest BCUT2D eigenvalue weighted by Crippen LogP contribution is -2.17. The van der Waals surface area contributed by atoms with Crippen molar-refractivity contribution in [2.45, 2.75) is 40.0 Å². The van der Waals surface area contributed by atoms with Gasteiger partial charge in [-0.25, -0.2) is 9.48 Å². The number of aryl methyl sites for hydroxylation is 1. The van der Waals surface area contributed by atoms with Crippen LogP contribution < -0.4 is 5.73 Å². The van der Waals surface area contributed by atoms with Gasteiger partial charge in [0, 0.05) is 5.56 Å². The van der Waals surface area contributed by atoms with Crippen molar-refractivity contribution >= 4 is 11.8 Å². The van der Waals surface area contributed by atoms with E-state index in [0.717, 1.165) is 5.69 Å². The quantitative estimate of drug-likeness (QED) is 0.312. The molecule has 6 nitrogen and oxygen atoms in total. The molecule has 0 bridgehead atoms. The Balaban J connectivity index is 1.79. The largest absolute Gasteiger partial charge is 0.380 e. The molecule has 2 aromatic carbocycles. The van der Waals surface area contributed by atoms with E-state index in [1.54, 1.807) is 11.6 Å². The second-order valence-electron chi connectivity index (χ2n) is 7.98. The van der Waals surface area contributed by atoms with Gasteiger partial charge in [-0.15, -0.1) is 0 Å². The predicted octanol–water partition coefficient (Wildman–Crippen LogP) is 4.26. The molecular weight excluding hydrogens is 364 g/mol. The van der Waals surface area contributed by atoms with Crippen LogP contribution in [0.4, 0.5) is 0 Å². The fourth-order valence-electron chi connectivity index (χ4n) is 3.09. The number of hydrogen-bond acceptors (Lipinski definition) is 4. The molecule has 2 N–H and O–H groups in total. The first-order valence-electron chi connectivity index (χ1n) is 9.46. The van der Waals surface area contributed by atoms with Gasteiger partial charge in [-0.1, -0.05) is 68.4 Å². The average Bonchev–Trinajstić information content (AvgIpc) is 3.00. The van der Waals surface area contributed by atoms with Crippen molar-refractivity contribution in [2.24, 2.45) is 10.9 Å². The van der Waals surface area contributed by atoms with Crippen LogP contribution in [0.1, 0.15) is 53.6 Å². The Bertz CT molecular complexity index is 1040. The molecule has 0 radical (unpaired) electrons. The van der Waals surface area contributed by atoms with Crippen molar-refractivity contribution in [3.05, 3.63) is 82.7 Å². The van der Waals surface area contributed by atoms with Crippen LogP contribution in [-0.4, -0.2) is 21.6 Å². The van der Waals surface area contributed by atoms with E-state index in [0.29, 0.717) is 22.5 Å². The number of rotatable bonds is 4. The van der Waals surface area contributed by atoms with E-state index in [4.69, 9.17) is 10.6 Å².